The first kappa shape index (κ1) is 9.37. The molecule has 0 saturated carbocycles. The van der Waals surface area contributed by atoms with E-state index in [0.29, 0.717) is 0 Å². The van der Waals surface area contributed by atoms with Gasteiger partial charge in [-0.15, -0.1) is 0 Å². The zero-order valence-corrected chi connectivity index (χ0v) is 7.57. The lowest BCUT2D eigenvalue weighted by Gasteiger charge is -1.95. The fraction of sp³-hybridized carbons (Fsp3) is 0.833. The number of hydrogen-bond acceptors (Lipinski definition) is 3. The van der Waals surface area contributed by atoms with Gasteiger partial charge in [-0.2, -0.15) is 0 Å². The Hall–Kier alpha value is 0.370. The molecule has 54 valence electrons. The zero-order chi connectivity index (χ0) is 7.11. The summed E-state index contributed by atoms with van der Waals surface area (Å²) in [5, 5.41) is 7.11. The van der Waals surface area contributed by atoms with Crippen molar-refractivity contribution in [2.75, 3.05) is 12.0 Å². The molecular weight excluding hydrogens is 150 g/mol. The average Bonchev–Trinajstić information content (AvgIpc) is 1.80. The fourth-order valence-electron chi connectivity index (χ4n) is 0.480. The number of rotatable bonds is 5. The Bertz CT molecular complexity index is 83.1. The first-order chi connectivity index (χ1) is 4.27. The summed E-state index contributed by atoms with van der Waals surface area (Å²) in [5.74, 6) is 1.18. The zero-order valence-electron chi connectivity index (χ0n) is 5.94. The summed E-state index contributed by atoms with van der Waals surface area (Å²) < 4.78 is 0. The predicted octanol–water partition coefficient (Wildman–Crippen LogP) is 2.82. The van der Waals surface area contributed by atoms with Crippen molar-refractivity contribution in [1.29, 1.82) is 5.41 Å². The smallest absolute Gasteiger partial charge is 0.00585 e. The highest BCUT2D eigenvalue weighted by atomic mass is 33.1. The molecular formula is C6H13NS2. The molecule has 1 N–H and O–H groups in total. The van der Waals surface area contributed by atoms with E-state index in [2.05, 4.69) is 6.26 Å². The Morgan fingerprint density at radius 1 is 1.56 bits per heavy atom. The maximum atomic E-state index is 7.11. The van der Waals surface area contributed by atoms with Crippen LogP contribution in [0.3, 0.4) is 0 Å². The largest absolute Gasteiger partial charge is 0.310 e. The minimum Gasteiger partial charge on any atom is -0.310 e. The lowest BCUT2D eigenvalue weighted by molar-refractivity contribution is 0.998. The van der Waals surface area contributed by atoms with E-state index in [0.717, 1.165) is 18.6 Å². The van der Waals surface area contributed by atoms with E-state index >= 15 is 0 Å². The highest BCUT2D eigenvalue weighted by Crippen LogP contribution is 2.17. The third kappa shape index (κ3) is 8.37. The van der Waals surface area contributed by atoms with Crippen molar-refractivity contribution in [1.82, 2.24) is 0 Å². The van der Waals surface area contributed by atoms with Gasteiger partial charge in [0.15, 0.2) is 0 Å². The monoisotopic (exact) mass is 163 g/mol. The highest BCUT2D eigenvalue weighted by molar-refractivity contribution is 8.76. The summed E-state index contributed by atoms with van der Waals surface area (Å²) in [7, 11) is 3.67. The predicted molar refractivity (Wildman–Crippen MR) is 48.6 cm³/mol. The Morgan fingerprint density at radius 2 is 2.22 bits per heavy atom. The van der Waals surface area contributed by atoms with Crippen LogP contribution >= 0.6 is 21.6 Å². The molecule has 0 unspecified atom stereocenters. The van der Waals surface area contributed by atoms with Crippen LogP contribution in [-0.4, -0.2) is 17.7 Å². The second-order valence-corrected chi connectivity index (χ2v) is 4.56. The quantitative estimate of drug-likeness (QED) is 0.383. The van der Waals surface area contributed by atoms with E-state index in [4.69, 9.17) is 5.41 Å². The van der Waals surface area contributed by atoms with Gasteiger partial charge >= 0.3 is 0 Å². The molecule has 0 aliphatic carbocycles. The van der Waals surface area contributed by atoms with E-state index in [1.165, 1.54) is 5.75 Å². The fourth-order valence-corrected chi connectivity index (χ4v) is 1.76. The van der Waals surface area contributed by atoms with Crippen LogP contribution in [0, 0.1) is 5.41 Å². The summed E-state index contributed by atoms with van der Waals surface area (Å²) in [6.07, 6.45) is 4.20. The standard InChI is InChI=1S/C6H13NS2/c1-6(7)4-3-5-9-8-2/h7H,3-5H2,1-2H3. The maximum absolute atomic E-state index is 7.11. The average molecular weight is 163 g/mol. The van der Waals surface area contributed by atoms with Gasteiger partial charge in [-0.25, -0.2) is 0 Å². The maximum Gasteiger partial charge on any atom is 0.00585 e. The van der Waals surface area contributed by atoms with Crippen LogP contribution in [0.5, 0.6) is 0 Å². The van der Waals surface area contributed by atoms with Gasteiger partial charge in [0.05, 0.1) is 0 Å². The van der Waals surface area contributed by atoms with Crippen molar-refractivity contribution in [2.24, 2.45) is 0 Å². The lowest BCUT2D eigenvalue weighted by atomic mass is 10.2. The Morgan fingerprint density at radius 3 is 2.67 bits per heavy atom. The molecule has 0 aliphatic rings. The van der Waals surface area contributed by atoms with E-state index in [-0.39, 0.29) is 0 Å². The van der Waals surface area contributed by atoms with Crippen molar-refractivity contribution in [2.45, 2.75) is 19.8 Å². The van der Waals surface area contributed by atoms with Gasteiger partial charge in [0, 0.05) is 11.5 Å². The molecule has 3 heteroatoms. The Balaban J connectivity index is 2.83. The molecule has 0 atom stereocenters. The normalized spacial score (nSPS) is 9.56. The molecule has 0 fully saturated rings. The van der Waals surface area contributed by atoms with E-state index < -0.39 is 0 Å². The van der Waals surface area contributed by atoms with Crippen LogP contribution in [-0.2, 0) is 0 Å². The van der Waals surface area contributed by atoms with Gasteiger partial charge in [-0.05, 0) is 26.0 Å². The molecule has 0 amide bonds. The highest BCUT2D eigenvalue weighted by Gasteiger charge is 1.88. The summed E-state index contributed by atoms with van der Waals surface area (Å²) in [4.78, 5) is 0. The van der Waals surface area contributed by atoms with Gasteiger partial charge in [0.25, 0.3) is 0 Å². The van der Waals surface area contributed by atoms with Crippen molar-refractivity contribution >= 4 is 27.3 Å². The van der Waals surface area contributed by atoms with Gasteiger partial charge in [-0.1, -0.05) is 21.6 Å². The summed E-state index contributed by atoms with van der Waals surface area (Å²) in [6.45, 7) is 1.86. The van der Waals surface area contributed by atoms with Crippen molar-refractivity contribution in [3.05, 3.63) is 0 Å². The molecule has 0 saturated heterocycles. The first-order valence-electron chi connectivity index (χ1n) is 2.97. The molecule has 0 aliphatic heterocycles. The van der Waals surface area contributed by atoms with E-state index in [1.54, 1.807) is 10.8 Å². The minimum atomic E-state index is 0.803. The Kier molecular flexibility index (Phi) is 6.76. The molecule has 0 aromatic carbocycles. The van der Waals surface area contributed by atoms with Crippen LogP contribution in [0.1, 0.15) is 19.8 Å². The lowest BCUT2D eigenvalue weighted by Crippen LogP contribution is -1.88. The number of hydrogen-bond donors (Lipinski definition) is 1. The Labute approximate surface area is 64.9 Å². The molecule has 0 spiro atoms. The molecule has 9 heavy (non-hydrogen) atoms. The van der Waals surface area contributed by atoms with Crippen LogP contribution in [0.25, 0.3) is 0 Å². The van der Waals surface area contributed by atoms with Crippen molar-refractivity contribution < 1.29 is 0 Å². The van der Waals surface area contributed by atoms with Crippen LogP contribution < -0.4 is 0 Å². The van der Waals surface area contributed by atoms with Crippen LogP contribution in [0.4, 0.5) is 0 Å². The molecule has 0 aromatic heterocycles. The van der Waals surface area contributed by atoms with Crippen LogP contribution in [0.2, 0.25) is 0 Å². The summed E-state index contributed by atoms with van der Waals surface area (Å²) in [5.41, 5.74) is 0.803. The SMILES string of the molecule is CSSCCCC(C)=N. The summed E-state index contributed by atoms with van der Waals surface area (Å²) >= 11 is 0. The van der Waals surface area contributed by atoms with Crippen LogP contribution in [0.15, 0.2) is 0 Å². The topological polar surface area (TPSA) is 23.9 Å². The molecule has 0 bridgehead atoms. The van der Waals surface area contributed by atoms with Gasteiger partial charge < -0.3 is 5.41 Å². The molecule has 0 aromatic rings. The molecule has 0 rings (SSSR count). The molecule has 0 heterocycles. The molecule has 0 radical (unpaired) electrons. The van der Waals surface area contributed by atoms with E-state index in [1.807, 2.05) is 17.7 Å². The summed E-state index contributed by atoms with van der Waals surface area (Å²) in [6, 6.07) is 0. The molecule has 1 nitrogen and oxygen atoms in total. The van der Waals surface area contributed by atoms with Gasteiger partial charge in [0.1, 0.15) is 0 Å². The van der Waals surface area contributed by atoms with E-state index in [9.17, 15) is 0 Å². The number of nitrogens with one attached hydrogen (secondary N) is 1. The first-order valence-corrected chi connectivity index (χ1v) is 5.69. The third-order valence-corrected chi connectivity index (χ3v) is 2.80. The van der Waals surface area contributed by atoms with Gasteiger partial charge in [-0.3, -0.25) is 0 Å². The second-order valence-electron chi connectivity index (χ2n) is 1.87. The van der Waals surface area contributed by atoms with Crippen molar-refractivity contribution in [3.8, 4) is 0 Å². The minimum absolute atomic E-state index is 0.803. The van der Waals surface area contributed by atoms with Crippen molar-refractivity contribution in [3.63, 3.8) is 0 Å². The third-order valence-electron chi connectivity index (χ3n) is 0.897. The second kappa shape index (κ2) is 6.49. The van der Waals surface area contributed by atoms with Gasteiger partial charge in [0.2, 0.25) is 0 Å².